The van der Waals surface area contributed by atoms with Crippen LogP contribution in [0.5, 0.6) is 5.88 Å². The zero-order valence-electron chi connectivity index (χ0n) is 11.1. The molecule has 100 valence electrons. The van der Waals surface area contributed by atoms with E-state index in [1.807, 2.05) is 20.8 Å². The van der Waals surface area contributed by atoms with Gasteiger partial charge in [-0.05, 0) is 25.3 Å². The third-order valence-corrected chi connectivity index (χ3v) is 2.36. The summed E-state index contributed by atoms with van der Waals surface area (Å²) in [7, 11) is 0. The number of rotatable bonds is 6. The molecule has 0 aromatic carbocycles. The Morgan fingerprint density at radius 2 is 2.22 bits per heavy atom. The van der Waals surface area contributed by atoms with Crippen LogP contribution in [-0.2, 0) is 4.79 Å². The van der Waals surface area contributed by atoms with E-state index in [1.54, 1.807) is 18.3 Å². The number of ether oxygens (including phenoxy) is 1. The Bertz CT molecular complexity index is 376. The average molecular weight is 251 g/mol. The lowest BCUT2D eigenvalue weighted by atomic mass is 10.0. The summed E-state index contributed by atoms with van der Waals surface area (Å²) in [6, 6.07) is 2.97. The van der Waals surface area contributed by atoms with Crippen LogP contribution in [0.1, 0.15) is 27.2 Å². The highest BCUT2D eigenvalue weighted by atomic mass is 16.5. The van der Waals surface area contributed by atoms with Gasteiger partial charge in [0.2, 0.25) is 11.8 Å². The number of nitrogens with one attached hydrogen (secondary N) is 1. The van der Waals surface area contributed by atoms with E-state index < -0.39 is 6.04 Å². The van der Waals surface area contributed by atoms with Gasteiger partial charge in [0.25, 0.3) is 0 Å². The van der Waals surface area contributed by atoms with Crippen LogP contribution in [0, 0.1) is 5.92 Å². The monoisotopic (exact) mass is 251 g/mol. The Balaban J connectivity index is 2.53. The number of pyridine rings is 1. The summed E-state index contributed by atoms with van der Waals surface area (Å²) in [5, 5.41) is 2.73. The lowest BCUT2D eigenvalue weighted by molar-refractivity contribution is -0.117. The molecular weight excluding hydrogens is 230 g/mol. The molecule has 0 unspecified atom stereocenters. The van der Waals surface area contributed by atoms with Crippen molar-refractivity contribution in [2.24, 2.45) is 11.7 Å². The molecule has 1 rings (SSSR count). The molecular formula is C13H21N3O2. The normalized spacial score (nSPS) is 12.3. The van der Waals surface area contributed by atoms with E-state index in [4.69, 9.17) is 10.5 Å². The van der Waals surface area contributed by atoms with Gasteiger partial charge < -0.3 is 15.8 Å². The molecule has 5 heteroatoms. The van der Waals surface area contributed by atoms with Gasteiger partial charge in [-0.1, -0.05) is 13.8 Å². The fraction of sp³-hybridized carbons (Fsp3) is 0.538. The number of nitrogens with zero attached hydrogens (tertiary/aromatic N) is 1. The fourth-order valence-electron chi connectivity index (χ4n) is 1.54. The van der Waals surface area contributed by atoms with Crippen molar-refractivity contribution < 1.29 is 9.53 Å². The highest BCUT2D eigenvalue weighted by molar-refractivity contribution is 5.94. The van der Waals surface area contributed by atoms with Gasteiger partial charge in [-0.15, -0.1) is 0 Å². The molecule has 0 spiro atoms. The molecule has 1 aromatic heterocycles. The molecule has 3 N–H and O–H groups in total. The molecule has 0 aliphatic heterocycles. The highest BCUT2D eigenvalue weighted by Crippen LogP contribution is 2.12. The summed E-state index contributed by atoms with van der Waals surface area (Å²) in [4.78, 5) is 15.8. The number of carbonyl (C=O) groups is 1. The average Bonchev–Trinajstić information content (AvgIpc) is 2.31. The Kier molecular flexibility index (Phi) is 5.58. The third kappa shape index (κ3) is 4.71. The topological polar surface area (TPSA) is 77.2 Å². The number of aromatic nitrogens is 1. The lowest BCUT2D eigenvalue weighted by Crippen LogP contribution is -2.36. The van der Waals surface area contributed by atoms with E-state index in [0.717, 1.165) is 0 Å². The van der Waals surface area contributed by atoms with E-state index in [0.29, 0.717) is 30.5 Å². The Morgan fingerprint density at radius 3 is 2.72 bits per heavy atom. The minimum atomic E-state index is -0.489. The summed E-state index contributed by atoms with van der Waals surface area (Å²) < 4.78 is 5.22. The first-order valence-electron chi connectivity index (χ1n) is 6.18. The summed E-state index contributed by atoms with van der Waals surface area (Å²) in [6.45, 7) is 6.53. The minimum absolute atomic E-state index is 0.186. The largest absolute Gasteiger partial charge is 0.478 e. The van der Waals surface area contributed by atoms with Gasteiger partial charge in [-0.25, -0.2) is 4.98 Å². The second-order valence-electron chi connectivity index (χ2n) is 4.54. The van der Waals surface area contributed by atoms with Gasteiger partial charge in [0.05, 0.1) is 24.5 Å². The second-order valence-corrected chi connectivity index (χ2v) is 4.54. The molecule has 5 nitrogen and oxygen atoms in total. The van der Waals surface area contributed by atoms with Crippen LogP contribution in [0.25, 0.3) is 0 Å². The van der Waals surface area contributed by atoms with Crippen molar-refractivity contribution in [2.45, 2.75) is 33.2 Å². The SMILES string of the molecule is CCOc1ccc(NC(=O)[C@H](N)CC(C)C)cn1. The molecule has 0 fully saturated rings. The fourth-order valence-corrected chi connectivity index (χ4v) is 1.54. The van der Waals surface area contributed by atoms with Crippen LogP contribution < -0.4 is 15.8 Å². The smallest absolute Gasteiger partial charge is 0.241 e. The van der Waals surface area contributed by atoms with Crippen molar-refractivity contribution in [2.75, 3.05) is 11.9 Å². The summed E-state index contributed by atoms with van der Waals surface area (Å²) in [6.07, 6.45) is 2.22. The number of anilines is 1. The zero-order chi connectivity index (χ0) is 13.5. The predicted octanol–water partition coefficient (Wildman–Crippen LogP) is 1.79. The maximum absolute atomic E-state index is 11.8. The first-order valence-corrected chi connectivity index (χ1v) is 6.18. The van der Waals surface area contributed by atoms with Crippen molar-refractivity contribution >= 4 is 11.6 Å². The molecule has 1 amide bonds. The number of carbonyl (C=O) groups excluding carboxylic acids is 1. The van der Waals surface area contributed by atoms with Crippen molar-refractivity contribution in [1.82, 2.24) is 4.98 Å². The Hall–Kier alpha value is -1.62. The molecule has 1 atom stereocenters. The standard InChI is InChI=1S/C13H21N3O2/c1-4-18-12-6-5-10(8-15-12)16-13(17)11(14)7-9(2)3/h5-6,8-9,11H,4,7,14H2,1-3H3,(H,16,17)/t11-/m1/s1. The van der Waals surface area contributed by atoms with Gasteiger partial charge >= 0.3 is 0 Å². The predicted molar refractivity (Wildman–Crippen MR) is 71.5 cm³/mol. The molecule has 0 bridgehead atoms. The van der Waals surface area contributed by atoms with Crippen LogP contribution in [-0.4, -0.2) is 23.5 Å². The maximum atomic E-state index is 11.8. The van der Waals surface area contributed by atoms with E-state index >= 15 is 0 Å². The first kappa shape index (κ1) is 14.4. The van der Waals surface area contributed by atoms with Gasteiger partial charge in [0.1, 0.15) is 0 Å². The molecule has 1 aromatic rings. The minimum Gasteiger partial charge on any atom is -0.478 e. The van der Waals surface area contributed by atoms with Crippen LogP contribution in [0.3, 0.4) is 0 Å². The summed E-state index contributed by atoms with van der Waals surface area (Å²) >= 11 is 0. The Labute approximate surface area is 108 Å². The molecule has 1 heterocycles. The van der Waals surface area contributed by atoms with E-state index in [1.165, 1.54) is 0 Å². The van der Waals surface area contributed by atoms with E-state index in [2.05, 4.69) is 10.3 Å². The van der Waals surface area contributed by atoms with Crippen LogP contribution >= 0.6 is 0 Å². The first-order chi connectivity index (χ1) is 8.52. The van der Waals surface area contributed by atoms with E-state index in [9.17, 15) is 4.79 Å². The van der Waals surface area contributed by atoms with Crippen LogP contribution in [0.15, 0.2) is 18.3 Å². The highest BCUT2D eigenvalue weighted by Gasteiger charge is 2.15. The zero-order valence-corrected chi connectivity index (χ0v) is 11.1. The van der Waals surface area contributed by atoms with Gasteiger partial charge in [-0.3, -0.25) is 4.79 Å². The molecule has 0 aliphatic carbocycles. The van der Waals surface area contributed by atoms with Gasteiger partial charge in [-0.2, -0.15) is 0 Å². The maximum Gasteiger partial charge on any atom is 0.241 e. The lowest BCUT2D eigenvalue weighted by Gasteiger charge is -2.14. The molecule has 0 saturated heterocycles. The van der Waals surface area contributed by atoms with Crippen molar-refractivity contribution in [3.8, 4) is 5.88 Å². The van der Waals surface area contributed by atoms with Gasteiger partial charge in [0.15, 0.2) is 0 Å². The van der Waals surface area contributed by atoms with Crippen molar-refractivity contribution in [3.63, 3.8) is 0 Å². The van der Waals surface area contributed by atoms with Crippen molar-refractivity contribution in [3.05, 3.63) is 18.3 Å². The second kappa shape index (κ2) is 6.96. The van der Waals surface area contributed by atoms with Crippen LogP contribution in [0.2, 0.25) is 0 Å². The number of amides is 1. The van der Waals surface area contributed by atoms with Crippen molar-refractivity contribution in [1.29, 1.82) is 0 Å². The quantitative estimate of drug-likeness (QED) is 0.808. The van der Waals surface area contributed by atoms with E-state index in [-0.39, 0.29) is 5.91 Å². The third-order valence-electron chi connectivity index (χ3n) is 2.36. The van der Waals surface area contributed by atoms with Crippen LogP contribution in [0.4, 0.5) is 5.69 Å². The summed E-state index contributed by atoms with van der Waals surface area (Å²) in [5.74, 6) is 0.751. The number of hydrogen-bond donors (Lipinski definition) is 2. The van der Waals surface area contributed by atoms with Gasteiger partial charge in [0, 0.05) is 6.07 Å². The molecule has 18 heavy (non-hydrogen) atoms. The summed E-state index contributed by atoms with van der Waals surface area (Å²) in [5.41, 5.74) is 6.41. The molecule has 0 saturated carbocycles. The number of hydrogen-bond acceptors (Lipinski definition) is 4. The molecule has 0 radical (unpaired) electrons. The molecule has 0 aliphatic rings. The Morgan fingerprint density at radius 1 is 1.50 bits per heavy atom. The number of nitrogens with two attached hydrogens (primary N) is 1.